The Hall–Kier alpha value is -3.74. The summed E-state index contributed by atoms with van der Waals surface area (Å²) in [6.45, 7) is 1.55. The van der Waals surface area contributed by atoms with Crippen molar-refractivity contribution >= 4 is 11.6 Å². The van der Waals surface area contributed by atoms with Gasteiger partial charge < -0.3 is 9.47 Å². The molecule has 1 amide bonds. The number of carbonyl (C=O) groups is 1. The van der Waals surface area contributed by atoms with Gasteiger partial charge in [-0.2, -0.15) is 0 Å². The molecule has 0 spiro atoms. The summed E-state index contributed by atoms with van der Waals surface area (Å²) < 4.78 is 3.51. The predicted molar refractivity (Wildman–Crippen MR) is 108 cm³/mol. The van der Waals surface area contributed by atoms with Crippen molar-refractivity contribution < 1.29 is 4.79 Å². The fraction of sp³-hybridized carbons (Fsp3) is 0.182. The van der Waals surface area contributed by atoms with E-state index in [0.29, 0.717) is 36.3 Å². The minimum atomic E-state index is -0.0984. The van der Waals surface area contributed by atoms with E-state index in [2.05, 4.69) is 9.97 Å². The van der Waals surface area contributed by atoms with Gasteiger partial charge in [-0.1, -0.05) is 18.2 Å². The second-order valence-corrected chi connectivity index (χ2v) is 7.18. The maximum absolute atomic E-state index is 13.0. The Morgan fingerprint density at radius 2 is 1.93 bits per heavy atom. The Morgan fingerprint density at radius 1 is 1.07 bits per heavy atom. The summed E-state index contributed by atoms with van der Waals surface area (Å²) >= 11 is 0. The van der Waals surface area contributed by atoms with E-state index < -0.39 is 0 Å². The van der Waals surface area contributed by atoms with Crippen LogP contribution >= 0.6 is 0 Å². The summed E-state index contributed by atoms with van der Waals surface area (Å²) in [5.74, 6) is -0.0672. The molecule has 1 aliphatic heterocycles. The summed E-state index contributed by atoms with van der Waals surface area (Å²) in [5, 5.41) is 0. The van der Waals surface area contributed by atoms with Gasteiger partial charge in [-0.25, -0.2) is 9.97 Å². The number of nitrogens with zero attached hydrogens (tertiary/aromatic N) is 5. The third-order valence-corrected chi connectivity index (χ3v) is 5.29. The number of imidazole rings is 1. The number of aromatic nitrogens is 4. The quantitative estimate of drug-likeness (QED) is 0.542. The van der Waals surface area contributed by atoms with E-state index in [4.69, 9.17) is 0 Å². The fourth-order valence-electron chi connectivity index (χ4n) is 3.75. The van der Waals surface area contributed by atoms with Crippen molar-refractivity contribution in [3.8, 4) is 0 Å². The van der Waals surface area contributed by atoms with Gasteiger partial charge >= 0.3 is 0 Å². The average Bonchev–Trinajstić information content (AvgIpc) is 3.27. The second kappa shape index (κ2) is 7.01. The topological polar surface area (TPSA) is 72.5 Å². The summed E-state index contributed by atoms with van der Waals surface area (Å²) in [6.07, 6.45) is 7.71. The highest BCUT2D eigenvalue weighted by molar-refractivity contribution is 5.94. The highest BCUT2D eigenvalue weighted by Crippen LogP contribution is 2.18. The minimum absolute atomic E-state index is 0.0672. The van der Waals surface area contributed by atoms with Gasteiger partial charge in [-0.3, -0.25) is 14.0 Å². The van der Waals surface area contributed by atoms with E-state index in [-0.39, 0.29) is 18.0 Å². The molecule has 0 radical (unpaired) electrons. The van der Waals surface area contributed by atoms with E-state index >= 15 is 0 Å². The van der Waals surface area contributed by atoms with Crippen LogP contribution in [0, 0.1) is 0 Å². The Morgan fingerprint density at radius 3 is 2.72 bits per heavy atom. The van der Waals surface area contributed by atoms with Crippen LogP contribution < -0.4 is 5.56 Å². The molecular formula is C22H19N5O2. The molecule has 0 fully saturated rings. The number of benzene rings is 1. The number of amides is 1. The van der Waals surface area contributed by atoms with Gasteiger partial charge in [0.05, 0.1) is 24.1 Å². The molecule has 144 valence electrons. The molecule has 7 heteroatoms. The predicted octanol–water partition coefficient (Wildman–Crippen LogP) is 2.14. The van der Waals surface area contributed by atoms with Gasteiger partial charge in [0.25, 0.3) is 11.5 Å². The zero-order chi connectivity index (χ0) is 19.8. The molecule has 0 saturated heterocycles. The van der Waals surface area contributed by atoms with Gasteiger partial charge in [0.15, 0.2) is 0 Å². The monoisotopic (exact) mass is 385 g/mol. The summed E-state index contributed by atoms with van der Waals surface area (Å²) in [7, 11) is 0. The summed E-state index contributed by atoms with van der Waals surface area (Å²) in [6, 6.07) is 13.1. The molecule has 4 heterocycles. The third-order valence-electron chi connectivity index (χ3n) is 5.29. The van der Waals surface area contributed by atoms with Crippen LogP contribution in [0.5, 0.6) is 0 Å². The molecule has 4 aromatic rings. The fourth-order valence-corrected chi connectivity index (χ4v) is 3.75. The van der Waals surface area contributed by atoms with E-state index in [9.17, 15) is 9.59 Å². The van der Waals surface area contributed by atoms with Crippen LogP contribution in [-0.2, 0) is 19.5 Å². The lowest BCUT2D eigenvalue weighted by molar-refractivity contribution is 0.0732. The van der Waals surface area contributed by atoms with Crippen LogP contribution in [-0.4, -0.2) is 36.3 Å². The number of carbonyl (C=O) groups excluding carboxylic acids is 1. The van der Waals surface area contributed by atoms with E-state index in [1.807, 2.05) is 47.2 Å². The largest absolute Gasteiger partial charge is 0.334 e. The molecule has 1 aliphatic rings. The molecule has 7 nitrogen and oxygen atoms in total. The lowest BCUT2D eigenvalue weighted by atomic mass is 10.0. The number of rotatable bonds is 3. The van der Waals surface area contributed by atoms with Crippen LogP contribution in [0.3, 0.4) is 0 Å². The molecule has 0 N–H and O–H groups in total. The van der Waals surface area contributed by atoms with Crippen LogP contribution in [0.25, 0.3) is 5.65 Å². The first kappa shape index (κ1) is 17.4. The molecule has 0 bridgehead atoms. The molecule has 0 atom stereocenters. The van der Waals surface area contributed by atoms with Crippen LogP contribution in [0.2, 0.25) is 0 Å². The Labute approximate surface area is 166 Å². The number of fused-ring (bicyclic) bond motifs is 2. The maximum Gasteiger partial charge on any atom is 0.263 e. The van der Waals surface area contributed by atoms with Gasteiger partial charge in [0.1, 0.15) is 5.65 Å². The first-order valence-electron chi connectivity index (χ1n) is 9.52. The van der Waals surface area contributed by atoms with Crippen molar-refractivity contribution in [3.63, 3.8) is 0 Å². The van der Waals surface area contributed by atoms with Crippen molar-refractivity contribution in [2.24, 2.45) is 0 Å². The number of hydrogen-bond donors (Lipinski definition) is 0. The smallest absolute Gasteiger partial charge is 0.263 e. The normalized spacial score (nSPS) is 13.4. The number of hydrogen-bond acceptors (Lipinski definition) is 4. The lowest BCUT2D eigenvalue weighted by Gasteiger charge is -2.28. The van der Waals surface area contributed by atoms with Gasteiger partial charge in [0.2, 0.25) is 0 Å². The average molecular weight is 385 g/mol. The standard InChI is InChI=1S/C22H19N5O2/c28-21(17-6-4-16(5-7-17)13-25-12-9-23-15-25)26-11-8-19-18(14-26)22(29)27-10-2-1-3-20(27)24-19/h1-7,9-10,12,15H,8,11,13-14H2. The lowest BCUT2D eigenvalue weighted by Crippen LogP contribution is -2.40. The molecule has 1 aromatic carbocycles. The Balaban J connectivity index is 1.38. The molecule has 5 rings (SSSR count). The molecule has 0 unspecified atom stereocenters. The minimum Gasteiger partial charge on any atom is -0.334 e. The van der Waals surface area contributed by atoms with Crippen molar-refractivity contribution in [1.82, 2.24) is 23.8 Å². The Kier molecular flexibility index (Phi) is 4.20. The summed E-state index contributed by atoms with van der Waals surface area (Å²) in [5.41, 5.74) is 3.66. The molecular weight excluding hydrogens is 366 g/mol. The van der Waals surface area contributed by atoms with E-state index in [1.165, 1.54) is 4.40 Å². The van der Waals surface area contributed by atoms with Crippen molar-refractivity contribution in [1.29, 1.82) is 0 Å². The van der Waals surface area contributed by atoms with Crippen molar-refractivity contribution in [2.75, 3.05) is 6.54 Å². The van der Waals surface area contributed by atoms with Gasteiger partial charge in [0, 0.05) is 43.7 Å². The molecule has 29 heavy (non-hydrogen) atoms. The molecule has 3 aromatic heterocycles. The van der Waals surface area contributed by atoms with Gasteiger partial charge in [-0.15, -0.1) is 0 Å². The van der Waals surface area contributed by atoms with Crippen LogP contribution in [0.15, 0.2) is 72.2 Å². The maximum atomic E-state index is 13.0. The van der Waals surface area contributed by atoms with E-state index in [0.717, 1.165) is 11.3 Å². The highest BCUT2D eigenvalue weighted by Gasteiger charge is 2.25. The van der Waals surface area contributed by atoms with Crippen LogP contribution in [0.1, 0.15) is 27.2 Å². The second-order valence-electron chi connectivity index (χ2n) is 7.18. The molecule has 0 aliphatic carbocycles. The zero-order valence-electron chi connectivity index (χ0n) is 15.7. The first-order chi connectivity index (χ1) is 14.2. The van der Waals surface area contributed by atoms with Gasteiger partial charge in [-0.05, 0) is 29.8 Å². The number of pyridine rings is 1. The van der Waals surface area contributed by atoms with Crippen LogP contribution in [0.4, 0.5) is 0 Å². The van der Waals surface area contributed by atoms with Crippen molar-refractivity contribution in [2.45, 2.75) is 19.5 Å². The Bertz CT molecular complexity index is 1240. The molecule has 0 saturated carbocycles. The SMILES string of the molecule is O=C(c1ccc(Cn2ccnc2)cc1)N1CCc2nc3ccccn3c(=O)c2C1. The van der Waals surface area contributed by atoms with Crippen molar-refractivity contribution in [3.05, 3.63) is 100 Å². The zero-order valence-corrected chi connectivity index (χ0v) is 15.7. The third kappa shape index (κ3) is 3.20. The van der Waals surface area contributed by atoms with E-state index in [1.54, 1.807) is 29.7 Å². The summed E-state index contributed by atoms with van der Waals surface area (Å²) in [4.78, 5) is 36.2. The first-order valence-corrected chi connectivity index (χ1v) is 9.52. The highest BCUT2D eigenvalue weighted by atomic mass is 16.2.